The first-order valence-corrected chi connectivity index (χ1v) is 6.88. The van der Waals surface area contributed by atoms with Gasteiger partial charge in [-0.1, -0.05) is 18.6 Å². The van der Waals surface area contributed by atoms with Crippen molar-refractivity contribution in [2.45, 2.75) is 35.8 Å². The van der Waals surface area contributed by atoms with Gasteiger partial charge in [0.2, 0.25) is 0 Å². The molecule has 1 unspecified atom stereocenters. The molecule has 1 aromatic rings. The summed E-state index contributed by atoms with van der Waals surface area (Å²) in [6, 6.07) is 8.10. The van der Waals surface area contributed by atoms with Gasteiger partial charge in [0.05, 0.1) is 5.25 Å². The van der Waals surface area contributed by atoms with Crippen LogP contribution < -0.4 is 0 Å². The van der Waals surface area contributed by atoms with E-state index < -0.39 is 0 Å². The molecule has 1 aliphatic rings. The van der Waals surface area contributed by atoms with Crippen molar-refractivity contribution in [2.75, 3.05) is 0 Å². The molecule has 1 nitrogen and oxygen atoms in total. The van der Waals surface area contributed by atoms with Crippen molar-refractivity contribution in [2.24, 2.45) is 0 Å². The highest BCUT2D eigenvalue weighted by molar-refractivity contribution is 9.10. The Labute approximate surface area is 103 Å². The van der Waals surface area contributed by atoms with Crippen LogP contribution in [0.2, 0.25) is 0 Å². The first-order valence-electron chi connectivity index (χ1n) is 5.21. The van der Waals surface area contributed by atoms with Crippen LogP contribution in [0.15, 0.2) is 33.6 Å². The van der Waals surface area contributed by atoms with Crippen LogP contribution in [0.4, 0.5) is 0 Å². The van der Waals surface area contributed by atoms with Gasteiger partial charge in [0, 0.05) is 15.8 Å². The van der Waals surface area contributed by atoms with E-state index in [0.717, 1.165) is 23.7 Å². The second kappa shape index (κ2) is 5.17. The number of benzene rings is 1. The Morgan fingerprint density at radius 3 is 2.80 bits per heavy atom. The normalized spacial score (nSPS) is 21.7. The van der Waals surface area contributed by atoms with E-state index in [1.54, 1.807) is 11.8 Å². The van der Waals surface area contributed by atoms with Crippen molar-refractivity contribution in [3.63, 3.8) is 0 Å². The zero-order valence-electron chi connectivity index (χ0n) is 8.41. The number of ketones is 1. The first-order chi connectivity index (χ1) is 7.27. The third-order valence-electron chi connectivity index (χ3n) is 2.60. The number of carbonyl (C=O) groups excluding carboxylic acids is 1. The van der Waals surface area contributed by atoms with E-state index in [0.29, 0.717) is 5.78 Å². The van der Waals surface area contributed by atoms with Crippen molar-refractivity contribution in [1.82, 2.24) is 0 Å². The van der Waals surface area contributed by atoms with E-state index in [4.69, 9.17) is 0 Å². The molecule has 1 atom stereocenters. The number of halogens is 1. The van der Waals surface area contributed by atoms with Gasteiger partial charge >= 0.3 is 0 Å². The molecule has 1 aliphatic carbocycles. The van der Waals surface area contributed by atoms with Crippen LogP contribution in [-0.4, -0.2) is 11.0 Å². The Balaban J connectivity index is 2.08. The summed E-state index contributed by atoms with van der Waals surface area (Å²) in [5.41, 5.74) is 0. The third-order valence-corrected chi connectivity index (χ3v) is 4.95. The number of thioether (sulfide) groups is 1. The molecule has 0 amide bonds. The van der Waals surface area contributed by atoms with E-state index >= 15 is 0 Å². The maximum Gasteiger partial charge on any atom is 0.146 e. The second-order valence-corrected chi connectivity index (χ2v) is 5.85. The third kappa shape index (κ3) is 2.85. The first kappa shape index (κ1) is 11.2. The predicted octanol–water partition coefficient (Wildman–Crippen LogP) is 4.05. The summed E-state index contributed by atoms with van der Waals surface area (Å²) >= 11 is 5.21. The summed E-state index contributed by atoms with van der Waals surface area (Å²) in [4.78, 5) is 12.9. The fraction of sp³-hybridized carbons (Fsp3) is 0.417. The van der Waals surface area contributed by atoms with Crippen LogP contribution in [-0.2, 0) is 4.79 Å². The summed E-state index contributed by atoms with van der Waals surface area (Å²) in [7, 11) is 0. The van der Waals surface area contributed by atoms with Gasteiger partial charge in [-0.05, 0) is 40.9 Å². The molecule has 0 aliphatic heterocycles. The summed E-state index contributed by atoms with van der Waals surface area (Å²) < 4.78 is 1.09. The molecular weight excluding hydrogens is 272 g/mol. The molecule has 0 spiro atoms. The number of Topliss-reactive ketones (excluding diaryl/α,β-unsaturated/α-hetero) is 1. The van der Waals surface area contributed by atoms with Crippen molar-refractivity contribution >= 4 is 33.5 Å². The quantitative estimate of drug-likeness (QED) is 0.815. The van der Waals surface area contributed by atoms with Gasteiger partial charge in [0.15, 0.2) is 0 Å². The molecule has 2 rings (SSSR count). The molecule has 0 N–H and O–H groups in total. The van der Waals surface area contributed by atoms with Gasteiger partial charge < -0.3 is 0 Å². The molecule has 0 heterocycles. The highest BCUT2D eigenvalue weighted by Gasteiger charge is 2.23. The van der Waals surface area contributed by atoms with Gasteiger partial charge in [-0.15, -0.1) is 11.8 Å². The van der Waals surface area contributed by atoms with Crippen molar-refractivity contribution in [3.8, 4) is 0 Å². The number of carbonyl (C=O) groups is 1. The molecule has 0 aromatic heterocycles. The highest BCUT2D eigenvalue weighted by Crippen LogP contribution is 2.35. The van der Waals surface area contributed by atoms with Gasteiger partial charge in [-0.25, -0.2) is 0 Å². The lowest BCUT2D eigenvalue weighted by Crippen LogP contribution is -2.21. The van der Waals surface area contributed by atoms with Crippen LogP contribution in [0.1, 0.15) is 25.7 Å². The standard InChI is InChI=1S/C12H13BrOS/c13-9-5-1-3-7-11(9)15-12-8-4-2-6-10(12)14/h1,3,5,7,12H,2,4,6,8H2. The number of hydrogen-bond donors (Lipinski definition) is 0. The fourth-order valence-electron chi connectivity index (χ4n) is 1.77. The average Bonchev–Trinajstić information content (AvgIpc) is 2.24. The Morgan fingerprint density at radius 1 is 1.27 bits per heavy atom. The largest absolute Gasteiger partial charge is 0.298 e. The zero-order valence-corrected chi connectivity index (χ0v) is 10.8. The predicted molar refractivity (Wildman–Crippen MR) is 67.3 cm³/mol. The molecule has 1 saturated carbocycles. The van der Waals surface area contributed by atoms with Crippen molar-refractivity contribution in [3.05, 3.63) is 28.7 Å². The zero-order chi connectivity index (χ0) is 10.7. The van der Waals surface area contributed by atoms with Crippen LogP contribution >= 0.6 is 27.7 Å². The van der Waals surface area contributed by atoms with Crippen LogP contribution in [0, 0.1) is 0 Å². The van der Waals surface area contributed by atoms with Crippen LogP contribution in [0.3, 0.4) is 0 Å². The summed E-state index contributed by atoms with van der Waals surface area (Å²) in [5.74, 6) is 0.419. The maximum atomic E-state index is 11.7. The summed E-state index contributed by atoms with van der Waals surface area (Å²) in [6.07, 6.45) is 4.06. The fourth-order valence-corrected chi connectivity index (χ4v) is 3.51. The molecule has 3 heteroatoms. The van der Waals surface area contributed by atoms with Crippen LogP contribution in [0.5, 0.6) is 0 Å². The van der Waals surface area contributed by atoms with Gasteiger partial charge in [-0.3, -0.25) is 4.79 Å². The Hall–Kier alpha value is -0.280. The number of rotatable bonds is 2. The second-order valence-electron chi connectivity index (χ2n) is 3.75. The van der Waals surface area contributed by atoms with E-state index in [1.165, 1.54) is 11.3 Å². The summed E-state index contributed by atoms with van der Waals surface area (Å²) in [5, 5.41) is 0.178. The van der Waals surface area contributed by atoms with E-state index in [1.807, 2.05) is 18.2 Å². The molecule has 1 fully saturated rings. The highest BCUT2D eigenvalue weighted by atomic mass is 79.9. The van der Waals surface area contributed by atoms with Gasteiger partial charge in [-0.2, -0.15) is 0 Å². The van der Waals surface area contributed by atoms with Gasteiger partial charge in [0.25, 0.3) is 0 Å². The molecule has 0 radical (unpaired) electrons. The topological polar surface area (TPSA) is 17.1 Å². The lowest BCUT2D eigenvalue weighted by atomic mass is 9.99. The lowest BCUT2D eigenvalue weighted by molar-refractivity contribution is -0.119. The minimum absolute atomic E-state index is 0.178. The number of hydrogen-bond acceptors (Lipinski definition) is 2. The van der Waals surface area contributed by atoms with Crippen molar-refractivity contribution in [1.29, 1.82) is 0 Å². The molecule has 1 aromatic carbocycles. The lowest BCUT2D eigenvalue weighted by Gasteiger charge is -2.20. The summed E-state index contributed by atoms with van der Waals surface area (Å²) in [6.45, 7) is 0. The average molecular weight is 285 g/mol. The van der Waals surface area contributed by atoms with E-state index in [-0.39, 0.29) is 5.25 Å². The van der Waals surface area contributed by atoms with E-state index in [2.05, 4.69) is 22.0 Å². The Morgan fingerprint density at radius 2 is 2.07 bits per heavy atom. The molecule has 0 saturated heterocycles. The molecule has 15 heavy (non-hydrogen) atoms. The molecule has 0 bridgehead atoms. The minimum Gasteiger partial charge on any atom is -0.298 e. The minimum atomic E-state index is 0.178. The monoisotopic (exact) mass is 284 g/mol. The van der Waals surface area contributed by atoms with Crippen LogP contribution in [0.25, 0.3) is 0 Å². The van der Waals surface area contributed by atoms with E-state index in [9.17, 15) is 4.79 Å². The molecular formula is C12H13BrOS. The van der Waals surface area contributed by atoms with Crippen molar-refractivity contribution < 1.29 is 4.79 Å². The molecule has 80 valence electrons. The smallest absolute Gasteiger partial charge is 0.146 e. The Kier molecular flexibility index (Phi) is 3.87. The Bertz CT molecular complexity index is 364. The SMILES string of the molecule is O=C1CCCCC1Sc1ccccc1Br. The maximum absolute atomic E-state index is 11.7. The van der Waals surface area contributed by atoms with Gasteiger partial charge in [0.1, 0.15) is 5.78 Å².